The standard InChI is InChI=1S/C17H19BrN4O/c18-13-9-20-7-11-4-5-15(21-16(11)13)17(23)22-14-3-1-2-10-6-19-8-12(10)14/h4-5,7,9-10,12,14,19H,1-3,6,8H2,(H,22,23). The Morgan fingerprint density at radius 2 is 2.17 bits per heavy atom. The first-order chi connectivity index (χ1) is 11.2. The summed E-state index contributed by atoms with van der Waals surface area (Å²) >= 11 is 3.45. The number of hydrogen-bond donors (Lipinski definition) is 2. The lowest BCUT2D eigenvalue weighted by Gasteiger charge is -2.33. The zero-order chi connectivity index (χ0) is 15.8. The Morgan fingerprint density at radius 3 is 3.09 bits per heavy atom. The molecule has 0 radical (unpaired) electrons. The fourth-order valence-electron chi connectivity index (χ4n) is 3.91. The number of amides is 1. The average molecular weight is 375 g/mol. The van der Waals surface area contributed by atoms with Gasteiger partial charge in [0.1, 0.15) is 5.69 Å². The molecule has 1 aliphatic carbocycles. The van der Waals surface area contributed by atoms with Gasteiger partial charge in [0.05, 0.1) is 9.99 Å². The van der Waals surface area contributed by atoms with E-state index in [4.69, 9.17) is 0 Å². The van der Waals surface area contributed by atoms with Crippen LogP contribution in [0.1, 0.15) is 29.8 Å². The average Bonchev–Trinajstić information content (AvgIpc) is 3.04. The highest BCUT2D eigenvalue weighted by atomic mass is 79.9. The second-order valence-electron chi connectivity index (χ2n) is 6.48. The molecule has 4 rings (SSSR count). The van der Waals surface area contributed by atoms with Crippen LogP contribution in [0.4, 0.5) is 0 Å². The molecule has 1 saturated heterocycles. The second kappa shape index (κ2) is 6.17. The number of nitrogens with zero attached hydrogens (tertiary/aromatic N) is 2. The van der Waals surface area contributed by atoms with E-state index in [-0.39, 0.29) is 11.9 Å². The zero-order valence-electron chi connectivity index (χ0n) is 12.8. The molecule has 23 heavy (non-hydrogen) atoms. The van der Waals surface area contributed by atoms with Gasteiger partial charge in [-0.15, -0.1) is 0 Å². The zero-order valence-corrected chi connectivity index (χ0v) is 14.3. The minimum Gasteiger partial charge on any atom is -0.348 e. The Labute approximate surface area is 143 Å². The summed E-state index contributed by atoms with van der Waals surface area (Å²) in [6, 6.07) is 3.93. The highest BCUT2D eigenvalue weighted by molar-refractivity contribution is 9.10. The topological polar surface area (TPSA) is 66.9 Å². The van der Waals surface area contributed by atoms with E-state index in [0.29, 0.717) is 17.5 Å². The minimum atomic E-state index is -0.0758. The van der Waals surface area contributed by atoms with Gasteiger partial charge >= 0.3 is 0 Å². The third kappa shape index (κ3) is 2.85. The second-order valence-corrected chi connectivity index (χ2v) is 7.34. The Balaban J connectivity index is 1.56. The van der Waals surface area contributed by atoms with E-state index in [2.05, 4.69) is 36.5 Å². The summed E-state index contributed by atoms with van der Waals surface area (Å²) in [5.74, 6) is 1.19. The Bertz CT molecular complexity index is 750. The van der Waals surface area contributed by atoms with Crippen molar-refractivity contribution in [1.82, 2.24) is 20.6 Å². The normalized spacial score (nSPS) is 26.9. The third-order valence-electron chi connectivity index (χ3n) is 5.10. The van der Waals surface area contributed by atoms with Crippen molar-refractivity contribution in [2.75, 3.05) is 13.1 Å². The molecular formula is C17H19BrN4O. The molecule has 1 saturated carbocycles. The molecule has 6 heteroatoms. The molecule has 2 aliphatic rings. The van der Waals surface area contributed by atoms with E-state index >= 15 is 0 Å². The summed E-state index contributed by atoms with van der Waals surface area (Å²) < 4.78 is 0.808. The van der Waals surface area contributed by atoms with Crippen LogP contribution in [0.3, 0.4) is 0 Å². The number of aromatic nitrogens is 2. The Hall–Kier alpha value is -1.53. The maximum absolute atomic E-state index is 12.6. The van der Waals surface area contributed by atoms with Crippen molar-refractivity contribution in [2.24, 2.45) is 11.8 Å². The molecular weight excluding hydrogens is 356 g/mol. The third-order valence-corrected chi connectivity index (χ3v) is 5.68. The van der Waals surface area contributed by atoms with Gasteiger partial charge in [0.15, 0.2) is 0 Å². The van der Waals surface area contributed by atoms with Crippen LogP contribution in [0.2, 0.25) is 0 Å². The number of fused-ring (bicyclic) bond motifs is 2. The van der Waals surface area contributed by atoms with Gasteiger partial charge < -0.3 is 10.6 Å². The summed E-state index contributed by atoms with van der Waals surface area (Å²) in [5, 5.41) is 7.60. The number of pyridine rings is 2. The van der Waals surface area contributed by atoms with Crippen molar-refractivity contribution >= 4 is 32.7 Å². The summed E-state index contributed by atoms with van der Waals surface area (Å²) in [6.45, 7) is 2.10. The molecule has 0 aromatic carbocycles. The van der Waals surface area contributed by atoms with Crippen LogP contribution in [0, 0.1) is 11.8 Å². The van der Waals surface area contributed by atoms with E-state index in [9.17, 15) is 4.79 Å². The fourth-order valence-corrected chi connectivity index (χ4v) is 4.35. The monoisotopic (exact) mass is 374 g/mol. The summed E-state index contributed by atoms with van der Waals surface area (Å²) in [7, 11) is 0. The summed E-state index contributed by atoms with van der Waals surface area (Å²) in [6.07, 6.45) is 6.99. The van der Waals surface area contributed by atoms with Crippen molar-refractivity contribution in [3.8, 4) is 0 Å². The van der Waals surface area contributed by atoms with E-state index in [0.717, 1.165) is 34.9 Å². The Kier molecular flexibility index (Phi) is 4.03. The van der Waals surface area contributed by atoms with Crippen molar-refractivity contribution in [2.45, 2.75) is 25.3 Å². The molecule has 0 bridgehead atoms. The fraction of sp³-hybridized carbons (Fsp3) is 0.471. The van der Waals surface area contributed by atoms with Gasteiger partial charge in [-0.25, -0.2) is 4.98 Å². The van der Waals surface area contributed by atoms with Crippen molar-refractivity contribution < 1.29 is 4.79 Å². The molecule has 5 nitrogen and oxygen atoms in total. The lowest BCUT2D eigenvalue weighted by atomic mass is 9.78. The smallest absolute Gasteiger partial charge is 0.270 e. The maximum Gasteiger partial charge on any atom is 0.270 e. The molecule has 2 fully saturated rings. The van der Waals surface area contributed by atoms with Gasteiger partial charge in [0.25, 0.3) is 5.91 Å². The number of rotatable bonds is 2. The molecule has 1 aliphatic heterocycles. The molecule has 1 amide bonds. The quantitative estimate of drug-likeness (QED) is 0.847. The first-order valence-corrected chi connectivity index (χ1v) is 8.93. The largest absolute Gasteiger partial charge is 0.348 e. The lowest BCUT2D eigenvalue weighted by Crippen LogP contribution is -2.45. The van der Waals surface area contributed by atoms with Crippen molar-refractivity contribution in [3.63, 3.8) is 0 Å². The van der Waals surface area contributed by atoms with Crippen molar-refractivity contribution in [1.29, 1.82) is 0 Å². The number of nitrogens with one attached hydrogen (secondary N) is 2. The van der Waals surface area contributed by atoms with Gasteiger partial charge in [0, 0.05) is 30.4 Å². The van der Waals surface area contributed by atoms with E-state index < -0.39 is 0 Å². The SMILES string of the molecule is O=C(NC1CCCC2CNCC21)c1ccc2cncc(Br)c2n1. The minimum absolute atomic E-state index is 0.0758. The van der Waals surface area contributed by atoms with Gasteiger partial charge in [-0.2, -0.15) is 0 Å². The predicted octanol–water partition coefficient (Wildman–Crippen LogP) is 2.51. The first kappa shape index (κ1) is 15.0. The predicted molar refractivity (Wildman–Crippen MR) is 92.2 cm³/mol. The van der Waals surface area contributed by atoms with Crippen LogP contribution in [0.25, 0.3) is 10.9 Å². The van der Waals surface area contributed by atoms with Crippen LogP contribution >= 0.6 is 15.9 Å². The van der Waals surface area contributed by atoms with Crippen LogP contribution in [-0.4, -0.2) is 35.0 Å². The number of carbonyl (C=O) groups is 1. The van der Waals surface area contributed by atoms with Crippen LogP contribution in [0.15, 0.2) is 29.0 Å². The van der Waals surface area contributed by atoms with Crippen molar-refractivity contribution in [3.05, 3.63) is 34.7 Å². The number of hydrogen-bond acceptors (Lipinski definition) is 4. The Morgan fingerprint density at radius 1 is 1.26 bits per heavy atom. The van der Waals surface area contributed by atoms with Gasteiger partial charge in [0.2, 0.25) is 0 Å². The lowest BCUT2D eigenvalue weighted by molar-refractivity contribution is 0.0892. The molecule has 0 spiro atoms. The van der Waals surface area contributed by atoms with Gasteiger partial charge in [-0.3, -0.25) is 9.78 Å². The first-order valence-electron chi connectivity index (χ1n) is 8.14. The summed E-state index contributed by atoms with van der Waals surface area (Å²) in [4.78, 5) is 21.3. The van der Waals surface area contributed by atoms with E-state index in [1.165, 1.54) is 12.8 Å². The maximum atomic E-state index is 12.6. The van der Waals surface area contributed by atoms with Crippen LogP contribution < -0.4 is 10.6 Å². The highest BCUT2D eigenvalue weighted by Crippen LogP contribution is 2.33. The number of carbonyl (C=O) groups excluding carboxylic acids is 1. The van der Waals surface area contributed by atoms with Crippen LogP contribution in [-0.2, 0) is 0 Å². The summed E-state index contributed by atoms with van der Waals surface area (Å²) in [5.41, 5.74) is 1.24. The molecule has 3 atom stereocenters. The molecule has 3 heterocycles. The molecule has 2 aromatic heterocycles. The van der Waals surface area contributed by atoms with E-state index in [1.54, 1.807) is 18.5 Å². The molecule has 120 valence electrons. The van der Waals surface area contributed by atoms with Crippen LogP contribution in [0.5, 0.6) is 0 Å². The molecule has 2 aromatic rings. The molecule has 3 unspecified atom stereocenters. The van der Waals surface area contributed by atoms with Gasteiger partial charge in [-0.05, 0) is 59.3 Å². The highest BCUT2D eigenvalue weighted by Gasteiger charge is 2.37. The molecule has 2 N–H and O–H groups in total. The van der Waals surface area contributed by atoms with Gasteiger partial charge in [-0.1, -0.05) is 6.42 Å². The van der Waals surface area contributed by atoms with E-state index in [1.807, 2.05) is 6.07 Å². The number of halogens is 1.